The van der Waals surface area contributed by atoms with E-state index < -0.39 is 0 Å². The highest BCUT2D eigenvalue weighted by atomic mass is 16.5. The van der Waals surface area contributed by atoms with Crippen molar-refractivity contribution in [1.29, 1.82) is 0 Å². The Morgan fingerprint density at radius 1 is 1.23 bits per heavy atom. The molecule has 0 fully saturated rings. The Hall–Kier alpha value is -0.0800. The summed E-state index contributed by atoms with van der Waals surface area (Å²) in [6.07, 6.45) is 3.00. The highest BCUT2D eigenvalue weighted by molar-refractivity contribution is 4.62. The lowest BCUT2D eigenvalue weighted by Gasteiger charge is -2.22. The van der Waals surface area contributed by atoms with Gasteiger partial charge in [-0.3, -0.25) is 0 Å². The topological polar surface area (TPSA) is 21.3 Å². The lowest BCUT2D eigenvalue weighted by molar-refractivity contribution is -0.0117. The van der Waals surface area contributed by atoms with E-state index in [0.717, 1.165) is 25.3 Å². The lowest BCUT2D eigenvalue weighted by Crippen LogP contribution is -2.29. The van der Waals surface area contributed by atoms with E-state index >= 15 is 0 Å². The van der Waals surface area contributed by atoms with Gasteiger partial charge in [-0.15, -0.1) is 0 Å². The molecule has 0 rings (SSSR count). The Labute approximate surface area is 83.1 Å². The van der Waals surface area contributed by atoms with Crippen molar-refractivity contribution in [2.45, 2.75) is 52.7 Å². The lowest BCUT2D eigenvalue weighted by atomic mass is 10.1. The van der Waals surface area contributed by atoms with E-state index in [1.165, 1.54) is 0 Å². The minimum Gasteiger partial charge on any atom is -0.374 e. The van der Waals surface area contributed by atoms with E-state index in [1.807, 2.05) is 7.05 Å². The van der Waals surface area contributed by atoms with Gasteiger partial charge in [-0.2, -0.15) is 0 Å². The first-order valence-corrected chi connectivity index (χ1v) is 5.40. The Bertz CT molecular complexity index is 115. The van der Waals surface area contributed by atoms with E-state index in [0.29, 0.717) is 12.2 Å². The summed E-state index contributed by atoms with van der Waals surface area (Å²) in [4.78, 5) is 0. The second-order valence-electron chi connectivity index (χ2n) is 4.16. The van der Waals surface area contributed by atoms with Gasteiger partial charge in [-0.25, -0.2) is 0 Å². The highest BCUT2D eigenvalue weighted by Gasteiger charge is 2.11. The van der Waals surface area contributed by atoms with Crippen LogP contribution in [0.4, 0.5) is 0 Å². The number of ether oxygens (including phenoxy) is 1. The third kappa shape index (κ3) is 7.03. The molecule has 2 nitrogen and oxygen atoms in total. The molecule has 0 aliphatic carbocycles. The molecular formula is C11H25NO. The Kier molecular flexibility index (Phi) is 7.29. The van der Waals surface area contributed by atoms with Gasteiger partial charge in [0, 0.05) is 6.54 Å². The van der Waals surface area contributed by atoms with E-state index in [9.17, 15) is 0 Å². The highest BCUT2D eigenvalue weighted by Crippen LogP contribution is 2.10. The molecular weight excluding hydrogens is 162 g/mol. The molecule has 2 unspecified atom stereocenters. The van der Waals surface area contributed by atoms with Crippen molar-refractivity contribution in [3.63, 3.8) is 0 Å². The van der Waals surface area contributed by atoms with Gasteiger partial charge in [0.15, 0.2) is 0 Å². The molecule has 2 heteroatoms. The van der Waals surface area contributed by atoms with Gasteiger partial charge < -0.3 is 10.1 Å². The minimum absolute atomic E-state index is 0.374. The third-order valence-corrected chi connectivity index (χ3v) is 2.12. The van der Waals surface area contributed by atoms with Crippen molar-refractivity contribution in [3.8, 4) is 0 Å². The zero-order valence-electron chi connectivity index (χ0n) is 9.76. The van der Waals surface area contributed by atoms with Gasteiger partial charge in [0.1, 0.15) is 0 Å². The van der Waals surface area contributed by atoms with Crippen LogP contribution < -0.4 is 5.32 Å². The van der Waals surface area contributed by atoms with Crippen molar-refractivity contribution < 1.29 is 4.74 Å². The number of likely N-dealkylation sites (N-methyl/N-ethyl adjacent to an activating group) is 1. The molecule has 2 atom stereocenters. The van der Waals surface area contributed by atoms with Crippen LogP contribution in [0.2, 0.25) is 0 Å². The predicted octanol–water partition coefficient (Wildman–Crippen LogP) is 2.44. The van der Waals surface area contributed by atoms with Gasteiger partial charge in [0.05, 0.1) is 12.2 Å². The fourth-order valence-corrected chi connectivity index (χ4v) is 1.56. The van der Waals surface area contributed by atoms with Crippen LogP contribution in [-0.2, 0) is 4.74 Å². The Morgan fingerprint density at radius 3 is 2.23 bits per heavy atom. The van der Waals surface area contributed by atoms with E-state index in [2.05, 4.69) is 33.0 Å². The molecule has 0 aliphatic rings. The van der Waals surface area contributed by atoms with Crippen molar-refractivity contribution in [2.24, 2.45) is 5.92 Å². The second-order valence-corrected chi connectivity index (χ2v) is 4.16. The van der Waals surface area contributed by atoms with Crippen molar-refractivity contribution in [2.75, 3.05) is 13.6 Å². The minimum atomic E-state index is 0.374. The molecule has 0 aromatic rings. The summed E-state index contributed by atoms with van der Waals surface area (Å²) in [6, 6.07) is 0. The Morgan fingerprint density at radius 2 is 1.85 bits per heavy atom. The van der Waals surface area contributed by atoms with E-state index in [4.69, 9.17) is 4.74 Å². The SMILES string of the molecule is CCC(CNC)OC(C)CC(C)C. The van der Waals surface area contributed by atoms with Crippen LogP contribution in [0.25, 0.3) is 0 Å². The molecule has 0 saturated carbocycles. The maximum Gasteiger partial charge on any atom is 0.0700 e. The van der Waals surface area contributed by atoms with Gasteiger partial charge in [0.2, 0.25) is 0 Å². The van der Waals surface area contributed by atoms with Gasteiger partial charge in [-0.05, 0) is 32.7 Å². The normalized spacial score (nSPS) is 16.2. The fraction of sp³-hybridized carbons (Fsp3) is 1.00. The van der Waals surface area contributed by atoms with Crippen molar-refractivity contribution in [3.05, 3.63) is 0 Å². The summed E-state index contributed by atoms with van der Waals surface area (Å²) in [5, 5.41) is 3.15. The number of rotatable bonds is 7. The molecule has 80 valence electrons. The van der Waals surface area contributed by atoms with Gasteiger partial charge in [-0.1, -0.05) is 20.8 Å². The molecule has 13 heavy (non-hydrogen) atoms. The number of hydrogen-bond acceptors (Lipinski definition) is 2. The zero-order chi connectivity index (χ0) is 10.3. The largest absolute Gasteiger partial charge is 0.374 e. The maximum absolute atomic E-state index is 5.89. The summed E-state index contributed by atoms with van der Waals surface area (Å²) in [5.74, 6) is 0.724. The van der Waals surface area contributed by atoms with Gasteiger partial charge in [0.25, 0.3) is 0 Å². The zero-order valence-corrected chi connectivity index (χ0v) is 9.76. The quantitative estimate of drug-likeness (QED) is 0.661. The monoisotopic (exact) mass is 187 g/mol. The first-order valence-electron chi connectivity index (χ1n) is 5.40. The van der Waals surface area contributed by atoms with Crippen LogP contribution in [-0.4, -0.2) is 25.8 Å². The van der Waals surface area contributed by atoms with E-state index in [1.54, 1.807) is 0 Å². The number of nitrogens with one attached hydrogen (secondary N) is 1. The molecule has 0 amide bonds. The standard InChI is InChI=1S/C11H25NO/c1-6-11(8-12-5)13-10(4)7-9(2)3/h9-12H,6-8H2,1-5H3. The average Bonchev–Trinajstić information content (AvgIpc) is 2.02. The molecule has 1 N–H and O–H groups in total. The predicted molar refractivity (Wildman–Crippen MR) is 58.0 cm³/mol. The summed E-state index contributed by atoms with van der Waals surface area (Å²) < 4.78 is 5.89. The maximum atomic E-state index is 5.89. The average molecular weight is 187 g/mol. The fourth-order valence-electron chi connectivity index (χ4n) is 1.56. The molecule has 0 aliphatic heterocycles. The molecule has 0 radical (unpaired) electrons. The molecule has 0 saturated heterocycles. The van der Waals surface area contributed by atoms with Crippen LogP contribution in [0, 0.1) is 5.92 Å². The molecule has 0 bridgehead atoms. The van der Waals surface area contributed by atoms with Crippen molar-refractivity contribution in [1.82, 2.24) is 5.32 Å². The first kappa shape index (κ1) is 12.9. The van der Waals surface area contributed by atoms with Crippen LogP contribution in [0.1, 0.15) is 40.5 Å². The second kappa shape index (κ2) is 7.34. The smallest absolute Gasteiger partial charge is 0.0700 e. The molecule has 0 aromatic heterocycles. The van der Waals surface area contributed by atoms with E-state index in [-0.39, 0.29) is 0 Å². The third-order valence-electron chi connectivity index (χ3n) is 2.12. The molecule has 0 aromatic carbocycles. The first-order chi connectivity index (χ1) is 6.10. The van der Waals surface area contributed by atoms with Crippen LogP contribution in [0.5, 0.6) is 0 Å². The molecule has 0 spiro atoms. The number of hydrogen-bond donors (Lipinski definition) is 1. The van der Waals surface area contributed by atoms with Gasteiger partial charge >= 0.3 is 0 Å². The summed E-state index contributed by atoms with van der Waals surface area (Å²) in [5.41, 5.74) is 0. The summed E-state index contributed by atoms with van der Waals surface area (Å²) in [7, 11) is 1.97. The van der Waals surface area contributed by atoms with Crippen LogP contribution in [0.15, 0.2) is 0 Å². The van der Waals surface area contributed by atoms with Crippen LogP contribution >= 0.6 is 0 Å². The van der Waals surface area contributed by atoms with Crippen LogP contribution in [0.3, 0.4) is 0 Å². The Balaban J connectivity index is 3.65. The summed E-state index contributed by atoms with van der Waals surface area (Å²) >= 11 is 0. The van der Waals surface area contributed by atoms with Crippen molar-refractivity contribution >= 4 is 0 Å². The molecule has 0 heterocycles. The summed E-state index contributed by atoms with van der Waals surface area (Å²) in [6.45, 7) is 9.76.